The Hall–Kier alpha value is -4.52. The van der Waals surface area contributed by atoms with Crippen LogP contribution in [0.4, 0.5) is 5.69 Å². The first-order chi connectivity index (χ1) is 20.2. The molecule has 42 heavy (non-hydrogen) atoms. The van der Waals surface area contributed by atoms with Crippen molar-refractivity contribution in [1.82, 2.24) is 0 Å². The normalized spacial score (nSPS) is 17.9. The maximum atomic E-state index is 9.55. The molecule has 0 amide bonds. The SMILES string of the molecule is [C-]#[N+]C1=C(/C=C/c2ccc(/C=C/c3ccc(N(CC)CC)cc3OC(C)C)s2)C(C)(c2ccccc2)O/C1=C(\C)C#N. The summed E-state index contributed by atoms with van der Waals surface area (Å²) < 4.78 is 12.5. The molecule has 1 aliphatic rings. The number of anilines is 1. The highest BCUT2D eigenvalue weighted by Gasteiger charge is 2.43. The summed E-state index contributed by atoms with van der Waals surface area (Å²) in [5.74, 6) is 1.22. The first-order valence-electron chi connectivity index (χ1n) is 14.2. The van der Waals surface area contributed by atoms with E-state index in [1.807, 2.05) is 63.3 Å². The van der Waals surface area contributed by atoms with Gasteiger partial charge in [-0.05, 0) is 89.6 Å². The number of nitrogens with zero attached hydrogens (tertiary/aromatic N) is 3. The van der Waals surface area contributed by atoms with Crippen molar-refractivity contribution < 1.29 is 9.47 Å². The molecule has 0 aliphatic carbocycles. The lowest BCUT2D eigenvalue weighted by molar-refractivity contribution is 0.0750. The molecule has 0 N–H and O–H groups in total. The summed E-state index contributed by atoms with van der Waals surface area (Å²) in [6.07, 6.45) is 8.25. The third kappa shape index (κ3) is 6.51. The largest absolute Gasteiger partial charge is 0.490 e. The van der Waals surface area contributed by atoms with E-state index in [0.717, 1.165) is 51.0 Å². The number of hydrogen-bond donors (Lipinski definition) is 0. The van der Waals surface area contributed by atoms with Gasteiger partial charge in [-0.3, -0.25) is 0 Å². The van der Waals surface area contributed by atoms with Gasteiger partial charge in [0.25, 0.3) is 0 Å². The van der Waals surface area contributed by atoms with Crippen LogP contribution in [0.1, 0.15) is 62.4 Å². The van der Waals surface area contributed by atoms with Crippen molar-refractivity contribution >= 4 is 35.3 Å². The quantitative estimate of drug-likeness (QED) is 0.178. The Morgan fingerprint density at radius 2 is 1.71 bits per heavy atom. The lowest BCUT2D eigenvalue weighted by Crippen LogP contribution is -2.23. The van der Waals surface area contributed by atoms with E-state index in [9.17, 15) is 5.26 Å². The van der Waals surface area contributed by atoms with E-state index in [1.165, 1.54) is 0 Å². The molecule has 1 aromatic heterocycles. The van der Waals surface area contributed by atoms with Gasteiger partial charge >= 0.3 is 0 Å². The van der Waals surface area contributed by atoms with Crippen molar-refractivity contribution in [1.29, 1.82) is 5.26 Å². The van der Waals surface area contributed by atoms with Crippen molar-refractivity contribution in [3.63, 3.8) is 0 Å². The van der Waals surface area contributed by atoms with Gasteiger partial charge in [-0.25, -0.2) is 4.85 Å². The Morgan fingerprint density at radius 1 is 1.05 bits per heavy atom. The summed E-state index contributed by atoms with van der Waals surface area (Å²) in [6.45, 7) is 21.8. The standard InChI is InChI=1S/C36H37N3O2S/c1-8-39(9-2)29-17-15-27(33(23-29)40-25(3)4)16-18-30-19-20-31(42-30)21-22-32-34(38-7)35(26(5)24-37)41-36(32,6)28-13-11-10-12-14-28/h10-23,25H,8-9H2,1-6H3/b18-16+,22-21+,35-26+. The van der Waals surface area contributed by atoms with E-state index in [0.29, 0.717) is 17.0 Å². The third-order valence-electron chi connectivity index (χ3n) is 7.21. The minimum Gasteiger partial charge on any atom is -0.490 e. The number of ether oxygens (including phenoxy) is 2. The number of allylic oxidation sites excluding steroid dienone is 1. The zero-order chi connectivity index (χ0) is 30.3. The van der Waals surface area contributed by atoms with E-state index in [2.05, 4.69) is 72.1 Å². The second kappa shape index (κ2) is 13.4. The Balaban J connectivity index is 1.64. The zero-order valence-corrected chi connectivity index (χ0v) is 26.0. The Bertz CT molecular complexity index is 1630. The van der Waals surface area contributed by atoms with E-state index in [4.69, 9.17) is 16.0 Å². The molecular weight excluding hydrogens is 538 g/mol. The van der Waals surface area contributed by atoms with Crippen LogP contribution >= 0.6 is 11.3 Å². The molecule has 2 aromatic carbocycles. The van der Waals surface area contributed by atoms with E-state index < -0.39 is 5.60 Å². The van der Waals surface area contributed by atoms with Gasteiger partial charge in [0.1, 0.15) is 17.1 Å². The number of nitriles is 1. The van der Waals surface area contributed by atoms with Gasteiger partial charge in [0.2, 0.25) is 5.70 Å². The van der Waals surface area contributed by atoms with Gasteiger partial charge in [-0.15, -0.1) is 11.3 Å². The number of rotatable bonds is 10. The maximum absolute atomic E-state index is 9.55. The predicted octanol–water partition coefficient (Wildman–Crippen LogP) is 9.48. The lowest BCUT2D eigenvalue weighted by Gasteiger charge is -2.28. The summed E-state index contributed by atoms with van der Waals surface area (Å²) in [5.41, 5.74) is 3.74. The zero-order valence-electron chi connectivity index (χ0n) is 25.1. The molecule has 0 saturated heterocycles. The van der Waals surface area contributed by atoms with Crippen molar-refractivity contribution in [2.45, 2.75) is 53.2 Å². The minimum absolute atomic E-state index is 0.0747. The second-order valence-corrected chi connectivity index (χ2v) is 11.6. The van der Waals surface area contributed by atoms with Crippen molar-refractivity contribution in [3.05, 3.63) is 122 Å². The van der Waals surface area contributed by atoms with Crippen molar-refractivity contribution in [2.24, 2.45) is 0 Å². The molecule has 214 valence electrons. The Morgan fingerprint density at radius 3 is 2.31 bits per heavy atom. The molecule has 0 saturated carbocycles. The number of hydrogen-bond acceptors (Lipinski definition) is 5. The third-order valence-corrected chi connectivity index (χ3v) is 8.23. The van der Waals surface area contributed by atoms with Crippen LogP contribution in [0.3, 0.4) is 0 Å². The van der Waals surface area contributed by atoms with E-state index in [-0.39, 0.29) is 6.10 Å². The number of benzene rings is 2. The highest BCUT2D eigenvalue weighted by atomic mass is 32.1. The molecule has 1 unspecified atom stereocenters. The topological polar surface area (TPSA) is 49.9 Å². The molecule has 5 nitrogen and oxygen atoms in total. The molecule has 0 fully saturated rings. The molecule has 0 spiro atoms. The first-order valence-corrected chi connectivity index (χ1v) is 15.0. The molecule has 1 aliphatic heterocycles. The Kier molecular flexibility index (Phi) is 9.73. The van der Waals surface area contributed by atoms with E-state index >= 15 is 0 Å². The van der Waals surface area contributed by atoms with Crippen LogP contribution in [0.25, 0.3) is 23.1 Å². The summed E-state index contributed by atoms with van der Waals surface area (Å²) in [4.78, 5) is 8.26. The molecule has 6 heteroatoms. The summed E-state index contributed by atoms with van der Waals surface area (Å²) in [6, 6.07) is 22.5. The van der Waals surface area contributed by atoms with Crippen LogP contribution in [0.2, 0.25) is 0 Å². The Labute approximate surface area is 254 Å². The fourth-order valence-electron chi connectivity index (χ4n) is 4.97. The first kappa shape index (κ1) is 30.4. The van der Waals surface area contributed by atoms with Crippen molar-refractivity contribution in [2.75, 3.05) is 18.0 Å². The molecule has 2 heterocycles. The fraction of sp³-hybridized carbons (Fsp3) is 0.278. The van der Waals surface area contributed by atoms with Crippen LogP contribution in [-0.4, -0.2) is 19.2 Å². The molecule has 0 bridgehead atoms. The summed E-state index contributed by atoms with van der Waals surface area (Å²) in [5, 5.41) is 9.55. The van der Waals surface area contributed by atoms with Crippen LogP contribution in [0.15, 0.2) is 89.3 Å². The van der Waals surface area contributed by atoms with Gasteiger partial charge in [-0.1, -0.05) is 36.4 Å². The molecule has 0 radical (unpaired) electrons. The lowest BCUT2D eigenvalue weighted by atomic mass is 9.87. The van der Waals surface area contributed by atoms with Crippen LogP contribution in [0.5, 0.6) is 5.75 Å². The smallest absolute Gasteiger partial charge is 0.236 e. The summed E-state index contributed by atoms with van der Waals surface area (Å²) in [7, 11) is 0. The van der Waals surface area contributed by atoms with Crippen LogP contribution < -0.4 is 9.64 Å². The van der Waals surface area contributed by atoms with Crippen LogP contribution in [0, 0.1) is 17.9 Å². The van der Waals surface area contributed by atoms with Crippen LogP contribution in [-0.2, 0) is 10.3 Å². The van der Waals surface area contributed by atoms with E-state index in [1.54, 1.807) is 18.3 Å². The summed E-state index contributed by atoms with van der Waals surface area (Å²) >= 11 is 1.66. The average molecular weight is 576 g/mol. The fourth-order valence-corrected chi connectivity index (χ4v) is 5.78. The monoisotopic (exact) mass is 575 g/mol. The predicted molar refractivity (Wildman–Crippen MR) is 175 cm³/mol. The van der Waals surface area contributed by atoms with Gasteiger partial charge < -0.3 is 14.4 Å². The van der Waals surface area contributed by atoms with Gasteiger partial charge in [0, 0.05) is 45.7 Å². The van der Waals surface area contributed by atoms with Gasteiger partial charge in [0.05, 0.1) is 24.3 Å². The van der Waals surface area contributed by atoms with Gasteiger partial charge in [-0.2, -0.15) is 5.26 Å². The molecule has 3 aromatic rings. The second-order valence-electron chi connectivity index (χ2n) is 10.4. The highest BCUT2D eigenvalue weighted by Crippen LogP contribution is 2.47. The maximum Gasteiger partial charge on any atom is 0.236 e. The average Bonchev–Trinajstić information content (AvgIpc) is 3.57. The highest BCUT2D eigenvalue weighted by molar-refractivity contribution is 7.13. The minimum atomic E-state index is -0.880. The number of thiophene rings is 1. The van der Waals surface area contributed by atoms with Gasteiger partial charge in [0.15, 0.2) is 0 Å². The molecule has 4 rings (SSSR count). The molecule has 1 atom stereocenters. The molecular formula is C36H37N3O2S. The van der Waals surface area contributed by atoms with Crippen molar-refractivity contribution in [3.8, 4) is 11.8 Å².